The van der Waals surface area contributed by atoms with Gasteiger partial charge in [0.25, 0.3) is 0 Å². The lowest BCUT2D eigenvalue weighted by Crippen LogP contribution is -2.00. The Morgan fingerprint density at radius 1 is 1.29 bits per heavy atom. The maximum absolute atomic E-state index is 4.18. The summed E-state index contributed by atoms with van der Waals surface area (Å²) in [6.07, 6.45) is 2.95. The molecule has 2 aromatic rings. The predicted molar refractivity (Wildman–Crippen MR) is 71.2 cm³/mol. The molecule has 0 amide bonds. The minimum atomic E-state index is 0.785. The van der Waals surface area contributed by atoms with Crippen molar-refractivity contribution in [1.82, 2.24) is 9.97 Å². The number of hydrogen-bond donors (Lipinski definition) is 2. The molecule has 0 aliphatic rings. The van der Waals surface area contributed by atoms with E-state index in [9.17, 15) is 0 Å². The first-order valence-electron chi connectivity index (χ1n) is 6.03. The number of H-pyrrole nitrogens is 1. The molecule has 0 bridgehead atoms. The van der Waals surface area contributed by atoms with E-state index < -0.39 is 0 Å². The van der Waals surface area contributed by atoms with Crippen LogP contribution in [0.3, 0.4) is 0 Å². The number of nitrogens with zero attached hydrogens (tertiary/aromatic N) is 1. The second kappa shape index (κ2) is 5.04. The van der Waals surface area contributed by atoms with Crippen molar-refractivity contribution in [3.8, 4) is 0 Å². The minimum absolute atomic E-state index is 0.785. The van der Waals surface area contributed by atoms with Crippen molar-refractivity contribution in [3.05, 3.63) is 47.0 Å². The molecule has 3 nitrogen and oxygen atoms in total. The van der Waals surface area contributed by atoms with Crippen LogP contribution >= 0.6 is 0 Å². The molecule has 1 aromatic heterocycles. The third-order valence-electron chi connectivity index (χ3n) is 2.97. The summed E-state index contributed by atoms with van der Waals surface area (Å²) in [7, 11) is 0. The first-order chi connectivity index (χ1) is 8.19. The van der Waals surface area contributed by atoms with Crippen molar-refractivity contribution >= 4 is 5.69 Å². The number of aromatic nitrogens is 2. The van der Waals surface area contributed by atoms with Crippen LogP contribution in [0.4, 0.5) is 5.69 Å². The molecule has 0 aliphatic carbocycles. The van der Waals surface area contributed by atoms with Gasteiger partial charge in [0.1, 0.15) is 5.82 Å². The number of hydrogen-bond acceptors (Lipinski definition) is 2. The third-order valence-corrected chi connectivity index (χ3v) is 2.97. The van der Waals surface area contributed by atoms with Gasteiger partial charge in [-0.3, -0.25) is 0 Å². The summed E-state index contributed by atoms with van der Waals surface area (Å²) < 4.78 is 0. The molecule has 0 atom stereocenters. The van der Waals surface area contributed by atoms with E-state index in [1.165, 1.54) is 16.8 Å². The van der Waals surface area contributed by atoms with Gasteiger partial charge >= 0.3 is 0 Å². The quantitative estimate of drug-likeness (QED) is 0.845. The van der Waals surface area contributed by atoms with E-state index in [0.29, 0.717) is 0 Å². The van der Waals surface area contributed by atoms with Crippen molar-refractivity contribution in [2.75, 3.05) is 5.32 Å². The zero-order valence-electron chi connectivity index (χ0n) is 10.7. The Balaban J connectivity index is 2.04. The number of aromatic amines is 1. The highest BCUT2D eigenvalue weighted by atomic mass is 15.0. The summed E-state index contributed by atoms with van der Waals surface area (Å²) >= 11 is 0. The maximum atomic E-state index is 4.18. The molecule has 3 heteroatoms. The Morgan fingerprint density at radius 2 is 2.12 bits per heavy atom. The Hall–Kier alpha value is -1.77. The molecule has 90 valence electrons. The summed E-state index contributed by atoms with van der Waals surface area (Å²) in [4.78, 5) is 7.39. The third kappa shape index (κ3) is 2.87. The van der Waals surface area contributed by atoms with Crippen molar-refractivity contribution < 1.29 is 0 Å². The molecule has 1 heterocycles. The van der Waals surface area contributed by atoms with Gasteiger partial charge in [0.15, 0.2) is 0 Å². The van der Waals surface area contributed by atoms with E-state index in [-0.39, 0.29) is 0 Å². The van der Waals surface area contributed by atoms with Gasteiger partial charge in [-0.15, -0.1) is 0 Å². The number of imidazole rings is 1. The molecular weight excluding hydrogens is 210 g/mol. The second-order valence-corrected chi connectivity index (χ2v) is 4.34. The molecule has 2 rings (SSSR count). The van der Waals surface area contributed by atoms with E-state index in [0.717, 1.165) is 24.5 Å². The van der Waals surface area contributed by atoms with Crippen LogP contribution in [0.1, 0.15) is 29.6 Å². The standard InChI is InChI=1S/C14H19N3/c1-4-12-7-13(6-5-10(12)2)16-9-14-8-15-11(3)17-14/h5-8,16H,4,9H2,1-3H3,(H,15,17). The van der Waals surface area contributed by atoms with Gasteiger partial charge in [-0.05, 0) is 43.5 Å². The zero-order chi connectivity index (χ0) is 12.3. The zero-order valence-corrected chi connectivity index (χ0v) is 10.7. The van der Waals surface area contributed by atoms with Gasteiger partial charge in [-0.2, -0.15) is 0 Å². The fourth-order valence-electron chi connectivity index (χ4n) is 1.92. The molecule has 0 spiro atoms. The van der Waals surface area contributed by atoms with Crippen LogP contribution in [0.15, 0.2) is 24.4 Å². The van der Waals surface area contributed by atoms with Gasteiger partial charge in [0.05, 0.1) is 18.4 Å². The lowest BCUT2D eigenvalue weighted by Gasteiger charge is -2.09. The first-order valence-corrected chi connectivity index (χ1v) is 6.03. The minimum Gasteiger partial charge on any atom is -0.379 e. The number of benzene rings is 1. The molecule has 0 unspecified atom stereocenters. The lowest BCUT2D eigenvalue weighted by atomic mass is 10.1. The number of aryl methyl sites for hydroxylation is 3. The largest absolute Gasteiger partial charge is 0.379 e. The lowest BCUT2D eigenvalue weighted by molar-refractivity contribution is 1.04. The van der Waals surface area contributed by atoms with Crippen LogP contribution in [-0.4, -0.2) is 9.97 Å². The van der Waals surface area contributed by atoms with Crippen LogP contribution in [0, 0.1) is 13.8 Å². The fraction of sp³-hybridized carbons (Fsp3) is 0.357. The molecule has 0 saturated carbocycles. The summed E-state index contributed by atoms with van der Waals surface area (Å²) in [5.41, 5.74) is 5.03. The van der Waals surface area contributed by atoms with Gasteiger partial charge in [-0.1, -0.05) is 13.0 Å². The Kier molecular flexibility index (Phi) is 3.47. The van der Waals surface area contributed by atoms with E-state index in [4.69, 9.17) is 0 Å². The SMILES string of the molecule is CCc1cc(NCc2cnc(C)[nH]2)ccc1C. The van der Waals surface area contributed by atoms with Crippen molar-refractivity contribution in [2.24, 2.45) is 0 Å². The molecule has 2 N–H and O–H groups in total. The van der Waals surface area contributed by atoms with Crippen LogP contribution in [0.5, 0.6) is 0 Å². The van der Waals surface area contributed by atoms with E-state index >= 15 is 0 Å². The van der Waals surface area contributed by atoms with Crippen LogP contribution < -0.4 is 5.32 Å². The van der Waals surface area contributed by atoms with E-state index in [2.05, 4.69) is 47.3 Å². The Morgan fingerprint density at radius 3 is 2.76 bits per heavy atom. The average Bonchev–Trinajstić information content (AvgIpc) is 2.74. The summed E-state index contributed by atoms with van der Waals surface area (Å²) in [6, 6.07) is 6.51. The molecule has 0 saturated heterocycles. The summed E-state index contributed by atoms with van der Waals surface area (Å²) in [5, 5.41) is 3.40. The smallest absolute Gasteiger partial charge is 0.103 e. The fourth-order valence-corrected chi connectivity index (χ4v) is 1.92. The van der Waals surface area contributed by atoms with Crippen molar-refractivity contribution in [3.63, 3.8) is 0 Å². The highest BCUT2D eigenvalue weighted by molar-refractivity contribution is 5.48. The van der Waals surface area contributed by atoms with Gasteiger partial charge in [0, 0.05) is 5.69 Å². The summed E-state index contributed by atoms with van der Waals surface area (Å²) in [6.45, 7) is 7.09. The number of rotatable bonds is 4. The normalized spacial score (nSPS) is 10.5. The van der Waals surface area contributed by atoms with Crippen LogP contribution in [-0.2, 0) is 13.0 Å². The van der Waals surface area contributed by atoms with Crippen LogP contribution in [0.2, 0.25) is 0 Å². The van der Waals surface area contributed by atoms with Crippen molar-refractivity contribution in [2.45, 2.75) is 33.7 Å². The van der Waals surface area contributed by atoms with E-state index in [1.807, 2.05) is 13.1 Å². The topological polar surface area (TPSA) is 40.7 Å². The predicted octanol–water partition coefficient (Wildman–Crippen LogP) is 3.20. The highest BCUT2D eigenvalue weighted by Gasteiger charge is 2.00. The monoisotopic (exact) mass is 229 g/mol. The highest BCUT2D eigenvalue weighted by Crippen LogP contribution is 2.16. The average molecular weight is 229 g/mol. The molecule has 17 heavy (non-hydrogen) atoms. The molecule has 0 radical (unpaired) electrons. The molecule has 1 aromatic carbocycles. The first kappa shape index (κ1) is 11.7. The van der Waals surface area contributed by atoms with Gasteiger partial charge in [-0.25, -0.2) is 4.98 Å². The molecule has 0 fully saturated rings. The van der Waals surface area contributed by atoms with Crippen LogP contribution in [0.25, 0.3) is 0 Å². The Labute approximate surface area is 102 Å². The molecular formula is C14H19N3. The maximum Gasteiger partial charge on any atom is 0.103 e. The van der Waals surface area contributed by atoms with Gasteiger partial charge < -0.3 is 10.3 Å². The van der Waals surface area contributed by atoms with Gasteiger partial charge in [0.2, 0.25) is 0 Å². The van der Waals surface area contributed by atoms with Crippen molar-refractivity contribution in [1.29, 1.82) is 0 Å². The second-order valence-electron chi connectivity index (χ2n) is 4.34. The summed E-state index contributed by atoms with van der Waals surface area (Å²) in [5.74, 6) is 0.958. The number of nitrogens with one attached hydrogen (secondary N) is 2. The Bertz CT molecular complexity index is 500. The number of anilines is 1. The molecule has 0 aliphatic heterocycles. The van der Waals surface area contributed by atoms with E-state index in [1.54, 1.807) is 0 Å².